The molecule has 0 aromatic carbocycles. The summed E-state index contributed by atoms with van der Waals surface area (Å²) in [4.78, 5) is 12.0. The van der Waals surface area contributed by atoms with Crippen LogP contribution in [0.2, 0.25) is 0 Å². The van der Waals surface area contributed by atoms with E-state index in [1.165, 1.54) is 68.9 Å². The van der Waals surface area contributed by atoms with Gasteiger partial charge in [-0.15, -0.1) is 0 Å². The first kappa shape index (κ1) is 20.4. The van der Waals surface area contributed by atoms with Crippen molar-refractivity contribution in [2.75, 3.05) is 0 Å². The molecule has 0 N–H and O–H groups in total. The number of Topliss-reactive ketones (excluding diaryl/α,β-unsaturated/α-hetero) is 1. The van der Waals surface area contributed by atoms with Crippen LogP contribution in [0.1, 0.15) is 111 Å². The van der Waals surface area contributed by atoms with Gasteiger partial charge in [-0.25, -0.2) is 0 Å². The van der Waals surface area contributed by atoms with Crippen LogP contribution in [-0.2, 0) is 4.79 Å². The fraction of sp³-hybridized carbons (Fsp3) is 0.850. The van der Waals surface area contributed by atoms with Crippen LogP contribution in [0.3, 0.4) is 0 Å². The van der Waals surface area contributed by atoms with Gasteiger partial charge < -0.3 is 0 Å². The lowest BCUT2D eigenvalue weighted by molar-refractivity contribution is -0.113. The van der Waals surface area contributed by atoms with E-state index in [9.17, 15) is 4.79 Å². The summed E-state index contributed by atoms with van der Waals surface area (Å²) >= 11 is 0. The summed E-state index contributed by atoms with van der Waals surface area (Å²) in [5.41, 5.74) is 2.66. The van der Waals surface area contributed by atoms with Crippen molar-refractivity contribution in [2.24, 2.45) is 0 Å². The first-order valence-electron chi connectivity index (χ1n) is 9.39. The maximum atomic E-state index is 12.0. The maximum Gasteiger partial charge on any atom is 0.155 e. The molecule has 0 aliphatic heterocycles. The Kier molecular flexibility index (Phi) is 13.9. The zero-order valence-electron chi connectivity index (χ0n) is 15.1. The quantitative estimate of drug-likeness (QED) is 0.249. The summed E-state index contributed by atoms with van der Waals surface area (Å²) in [5, 5.41) is 0. The number of unbranched alkanes of at least 4 members (excludes halogenated alkanes) is 7. The highest BCUT2D eigenvalue weighted by atomic mass is 16.1. The predicted octanol–water partition coefficient (Wildman–Crippen LogP) is 7.00. The van der Waals surface area contributed by atoms with E-state index in [-0.39, 0.29) is 0 Å². The highest BCUT2D eigenvalue weighted by Crippen LogP contribution is 2.24. The van der Waals surface area contributed by atoms with Crippen molar-refractivity contribution in [1.82, 2.24) is 0 Å². The topological polar surface area (TPSA) is 17.1 Å². The molecule has 124 valence electrons. The van der Waals surface area contributed by atoms with Crippen molar-refractivity contribution in [3.8, 4) is 0 Å². The molecule has 0 aromatic rings. The summed E-state index contributed by atoms with van der Waals surface area (Å²) in [6, 6.07) is 0. The Morgan fingerprint density at radius 2 is 1.10 bits per heavy atom. The standard InChI is InChI=1S/C20H38O/c1-5-8-11-13-15-19(16-14-12-9-6-2)20(18(4)21)17-10-7-3/h5-17H2,1-4H3. The highest BCUT2D eigenvalue weighted by molar-refractivity contribution is 5.94. The second-order valence-electron chi connectivity index (χ2n) is 6.36. The molecule has 0 aliphatic rings. The lowest BCUT2D eigenvalue weighted by Gasteiger charge is -2.14. The van der Waals surface area contributed by atoms with Crippen LogP contribution in [-0.4, -0.2) is 5.78 Å². The molecule has 0 atom stereocenters. The molecule has 0 rings (SSSR count). The zero-order chi connectivity index (χ0) is 15.9. The summed E-state index contributed by atoms with van der Waals surface area (Å²) in [5.74, 6) is 0.324. The number of carbonyl (C=O) groups excluding carboxylic acids is 1. The smallest absolute Gasteiger partial charge is 0.155 e. The third-order valence-corrected chi connectivity index (χ3v) is 4.30. The van der Waals surface area contributed by atoms with Gasteiger partial charge in [-0.05, 0) is 51.0 Å². The van der Waals surface area contributed by atoms with Crippen LogP contribution in [0.4, 0.5) is 0 Å². The number of hydrogen-bond acceptors (Lipinski definition) is 1. The first-order valence-corrected chi connectivity index (χ1v) is 9.39. The van der Waals surface area contributed by atoms with E-state index in [2.05, 4.69) is 20.8 Å². The van der Waals surface area contributed by atoms with Crippen LogP contribution in [0.15, 0.2) is 11.1 Å². The van der Waals surface area contributed by atoms with E-state index in [1.54, 1.807) is 6.92 Å². The average Bonchev–Trinajstić information content (AvgIpc) is 2.47. The second-order valence-corrected chi connectivity index (χ2v) is 6.36. The molecule has 0 amide bonds. The first-order chi connectivity index (χ1) is 10.2. The number of rotatable bonds is 14. The van der Waals surface area contributed by atoms with E-state index in [4.69, 9.17) is 0 Å². The summed E-state index contributed by atoms with van der Waals surface area (Å²) in [6.07, 6.45) is 16.0. The number of carbonyl (C=O) groups is 1. The molecule has 0 spiro atoms. The van der Waals surface area contributed by atoms with Gasteiger partial charge in [-0.3, -0.25) is 4.79 Å². The highest BCUT2D eigenvalue weighted by Gasteiger charge is 2.11. The van der Waals surface area contributed by atoms with Crippen molar-refractivity contribution >= 4 is 5.78 Å². The Morgan fingerprint density at radius 1 is 0.619 bits per heavy atom. The Bertz CT molecular complexity index is 274. The minimum Gasteiger partial charge on any atom is -0.295 e. The molecule has 1 heteroatoms. The van der Waals surface area contributed by atoms with Gasteiger partial charge in [0.05, 0.1) is 0 Å². The molecule has 0 fully saturated rings. The molecule has 0 aromatic heterocycles. The molecule has 0 aliphatic carbocycles. The lowest BCUT2D eigenvalue weighted by Crippen LogP contribution is -2.03. The molecule has 1 nitrogen and oxygen atoms in total. The number of hydrogen-bond donors (Lipinski definition) is 0. The van der Waals surface area contributed by atoms with E-state index in [1.807, 2.05) is 0 Å². The van der Waals surface area contributed by atoms with Crippen LogP contribution in [0.5, 0.6) is 0 Å². The van der Waals surface area contributed by atoms with Gasteiger partial charge in [-0.1, -0.05) is 71.3 Å². The average molecular weight is 295 g/mol. The van der Waals surface area contributed by atoms with Gasteiger partial charge >= 0.3 is 0 Å². The van der Waals surface area contributed by atoms with Crippen molar-refractivity contribution in [3.05, 3.63) is 11.1 Å². The van der Waals surface area contributed by atoms with E-state index >= 15 is 0 Å². The van der Waals surface area contributed by atoms with Gasteiger partial charge in [0.15, 0.2) is 5.78 Å². The summed E-state index contributed by atoms with van der Waals surface area (Å²) < 4.78 is 0. The third kappa shape index (κ3) is 10.7. The molecule has 21 heavy (non-hydrogen) atoms. The van der Waals surface area contributed by atoms with Crippen molar-refractivity contribution in [1.29, 1.82) is 0 Å². The monoisotopic (exact) mass is 294 g/mol. The van der Waals surface area contributed by atoms with Gasteiger partial charge in [-0.2, -0.15) is 0 Å². The molecule has 0 saturated carbocycles. The van der Waals surface area contributed by atoms with E-state index in [0.29, 0.717) is 5.78 Å². The number of allylic oxidation sites excluding steroid dienone is 2. The molecular weight excluding hydrogens is 256 g/mol. The van der Waals surface area contributed by atoms with Gasteiger partial charge in [0.25, 0.3) is 0 Å². The van der Waals surface area contributed by atoms with Crippen LogP contribution in [0, 0.1) is 0 Å². The molecule has 0 unspecified atom stereocenters. The predicted molar refractivity (Wildman–Crippen MR) is 94.8 cm³/mol. The van der Waals surface area contributed by atoms with Gasteiger partial charge in [0, 0.05) is 0 Å². The fourth-order valence-corrected chi connectivity index (χ4v) is 2.91. The fourth-order valence-electron chi connectivity index (χ4n) is 2.91. The minimum atomic E-state index is 0.324. The molecule has 0 radical (unpaired) electrons. The molecular formula is C20H38O. The van der Waals surface area contributed by atoms with Crippen molar-refractivity contribution in [2.45, 2.75) is 111 Å². The second kappa shape index (κ2) is 14.4. The van der Waals surface area contributed by atoms with Crippen molar-refractivity contribution in [3.63, 3.8) is 0 Å². The Balaban J connectivity index is 4.63. The molecule has 0 heterocycles. The summed E-state index contributed by atoms with van der Waals surface area (Å²) in [6.45, 7) is 8.48. The Hall–Kier alpha value is -0.590. The minimum absolute atomic E-state index is 0.324. The van der Waals surface area contributed by atoms with Gasteiger partial charge in [0.2, 0.25) is 0 Å². The number of ketones is 1. The Morgan fingerprint density at radius 3 is 1.48 bits per heavy atom. The van der Waals surface area contributed by atoms with E-state index in [0.717, 1.165) is 25.7 Å². The SMILES string of the molecule is CCCCCCC(CCCCCC)=C(CCCC)C(C)=O. The normalized spacial score (nSPS) is 10.7. The van der Waals surface area contributed by atoms with Gasteiger partial charge in [0.1, 0.15) is 0 Å². The lowest BCUT2D eigenvalue weighted by atomic mass is 9.91. The zero-order valence-corrected chi connectivity index (χ0v) is 15.1. The van der Waals surface area contributed by atoms with E-state index < -0.39 is 0 Å². The maximum absolute atomic E-state index is 12.0. The largest absolute Gasteiger partial charge is 0.295 e. The van der Waals surface area contributed by atoms with Crippen molar-refractivity contribution < 1.29 is 4.79 Å². The Labute approximate surface area is 133 Å². The molecule has 0 bridgehead atoms. The van der Waals surface area contributed by atoms with Crippen LogP contribution in [0.25, 0.3) is 0 Å². The van der Waals surface area contributed by atoms with Crippen LogP contribution < -0.4 is 0 Å². The molecule has 0 saturated heterocycles. The van der Waals surface area contributed by atoms with Crippen LogP contribution >= 0.6 is 0 Å². The third-order valence-electron chi connectivity index (χ3n) is 4.30. The summed E-state index contributed by atoms with van der Waals surface area (Å²) in [7, 11) is 0.